The van der Waals surface area contributed by atoms with Crippen molar-refractivity contribution in [2.45, 2.75) is 0 Å². The van der Waals surface area contributed by atoms with E-state index in [0.717, 1.165) is 5.56 Å². The average molecular weight is 297 g/mol. The first kappa shape index (κ1) is 15.2. The Labute approximate surface area is 127 Å². The van der Waals surface area contributed by atoms with E-state index < -0.39 is 5.91 Å². The molecule has 1 aromatic heterocycles. The molecule has 0 bridgehead atoms. The molecule has 7 nitrogen and oxygen atoms in total. The van der Waals surface area contributed by atoms with E-state index in [9.17, 15) is 9.59 Å². The third kappa shape index (κ3) is 4.71. The molecule has 0 radical (unpaired) electrons. The second-order valence-electron chi connectivity index (χ2n) is 4.37. The normalized spacial score (nSPS) is 10.4. The molecule has 4 N–H and O–H groups in total. The molecule has 0 aliphatic carbocycles. The zero-order valence-corrected chi connectivity index (χ0v) is 11.7. The molecule has 1 aromatic carbocycles. The minimum Gasteiger partial charge on any atom is -0.376 e. The zero-order chi connectivity index (χ0) is 15.8. The number of hydrogen-bond acceptors (Lipinski definition) is 5. The van der Waals surface area contributed by atoms with Crippen LogP contribution in [0.4, 0.5) is 5.69 Å². The molecule has 1 heterocycles. The molecular weight excluding hydrogens is 282 g/mol. The predicted octanol–water partition coefficient (Wildman–Crippen LogP) is 0.743. The third-order valence-corrected chi connectivity index (χ3v) is 2.71. The number of hydrazone groups is 1. The summed E-state index contributed by atoms with van der Waals surface area (Å²) in [7, 11) is 0. The van der Waals surface area contributed by atoms with Crippen LogP contribution in [0.3, 0.4) is 0 Å². The molecule has 112 valence electrons. The molecule has 0 aliphatic rings. The number of hydrogen-bond donors (Lipinski definition) is 3. The summed E-state index contributed by atoms with van der Waals surface area (Å²) in [6.45, 7) is 0.0237. The number of carbonyl (C=O) groups excluding carboxylic acids is 2. The molecule has 0 unspecified atom stereocenters. The molecule has 0 aliphatic heterocycles. The lowest BCUT2D eigenvalue weighted by atomic mass is 10.2. The van der Waals surface area contributed by atoms with Crippen LogP contribution in [0.25, 0.3) is 0 Å². The molecule has 22 heavy (non-hydrogen) atoms. The van der Waals surface area contributed by atoms with Crippen molar-refractivity contribution in [3.63, 3.8) is 0 Å². The fourth-order valence-corrected chi connectivity index (χ4v) is 1.63. The van der Waals surface area contributed by atoms with Crippen LogP contribution in [-0.2, 0) is 4.79 Å². The average Bonchev–Trinajstić information content (AvgIpc) is 2.54. The minimum absolute atomic E-state index is 0.0237. The van der Waals surface area contributed by atoms with Crippen molar-refractivity contribution in [2.24, 2.45) is 10.8 Å². The summed E-state index contributed by atoms with van der Waals surface area (Å²) in [5.74, 6) is -0.829. The van der Waals surface area contributed by atoms with Gasteiger partial charge in [0.25, 0.3) is 5.91 Å². The molecule has 2 amide bonds. The Morgan fingerprint density at radius 2 is 2.00 bits per heavy atom. The van der Waals surface area contributed by atoms with Crippen molar-refractivity contribution in [1.29, 1.82) is 0 Å². The summed E-state index contributed by atoms with van der Waals surface area (Å²) in [4.78, 5) is 26.6. The summed E-state index contributed by atoms with van der Waals surface area (Å²) < 4.78 is 0. The topological polar surface area (TPSA) is 109 Å². The number of rotatable bonds is 6. The Kier molecular flexibility index (Phi) is 5.20. The van der Waals surface area contributed by atoms with E-state index in [1.54, 1.807) is 48.8 Å². The summed E-state index contributed by atoms with van der Waals surface area (Å²) >= 11 is 0. The maximum absolute atomic E-state index is 11.6. The van der Waals surface area contributed by atoms with Gasteiger partial charge in [-0.3, -0.25) is 14.6 Å². The number of nitrogens with two attached hydrogens (primary N) is 1. The van der Waals surface area contributed by atoms with Gasteiger partial charge >= 0.3 is 0 Å². The minimum atomic E-state index is -0.518. The lowest BCUT2D eigenvalue weighted by molar-refractivity contribution is -0.119. The highest BCUT2D eigenvalue weighted by atomic mass is 16.2. The van der Waals surface area contributed by atoms with Crippen LogP contribution in [0.1, 0.15) is 15.9 Å². The second kappa shape index (κ2) is 7.53. The van der Waals surface area contributed by atoms with Gasteiger partial charge in [0.05, 0.1) is 12.8 Å². The SMILES string of the molecule is NC(=O)c1cccc(NCC(=O)N/N=C/c2ccncc2)c1. The molecule has 7 heteroatoms. The van der Waals surface area contributed by atoms with Gasteiger partial charge in [-0.15, -0.1) is 0 Å². The van der Waals surface area contributed by atoms with Gasteiger partial charge in [0, 0.05) is 23.6 Å². The van der Waals surface area contributed by atoms with Gasteiger partial charge in [-0.25, -0.2) is 5.43 Å². The van der Waals surface area contributed by atoms with E-state index in [2.05, 4.69) is 20.8 Å². The van der Waals surface area contributed by atoms with Crippen LogP contribution in [-0.4, -0.2) is 29.6 Å². The maximum Gasteiger partial charge on any atom is 0.259 e. The van der Waals surface area contributed by atoms with Gasteiger partial charge in [0.1, 0.15) is 0 Å². The monoisotopic (exact) mass is 297 g/mol. The summed E-state index contributed by atoms with van der Waals surface area (Å²) in [5.41, 5.74) is 9.42. The van der Waals surface area contributed by atoms with Crippen molar-refractivity contribution in [2.75, 3.05) is 11.9 Å². The smallest absolute Gasteiger partial charge is 0.259 e. The number of anilines is 1. The lowest BCUT2D eigenvalue weighted by Crippen LogP contribution is -2.26. The van der Waals surface area contributed by atoms with Gasteiger partial charge in [-0.1, -0.05) is 6.07 Å². The van der Waals surface area contributed by atoms with Crippen molar-refractivity contribution in [1.82, 2.24) is 10.4 Å². The Morgan fingerprint density at radius 3 is 2.73 bits per heavy atom. The molecule has 0 atom stereocenters. The lowest BCUT2D eigenvalue weighted by Gasteiger charge is -2.06. The van der Waals surface area contributed by atoms with E-state index in [1.165, 1.54) is 6.21 Å². The van der Waals surface area contributed by atoms with E-state index in [0.29, 0.717) is 11.3 Å². The number of primary amides is 1. The molecule has 0 fully saturated rings. The highest BCUT2D eigenvalue weighted by Gasteiger charge is 2.03. The number of nitrogens with one attached hydrogen (secondary N) is 2. The summed E-state index contributed by atoms with van der Waals surface area (Å²) in [6.07, 6.45) is 4.79. The largest absolute Gasteiger partial charge is 0.376 e. The Balaban J connectivity index is 1.82. The first-order valence-electron chi connectivity index (χ1n) is 6.51. The molecule has 0 spiro atoms. The standard InChI is InChI=1S/C15H15N5O2/c16-15(22)12-2-1-3-13(8-12)18-10-14(21)20-19-9-11-4-6-17-7-5-11/h1-9,18H,10H2,(H2,16,22)(H,20,21)/b19-9+. The molecule has 2 rings (SSSR count). The first-order valence-corrected chi connectivity index (χ1v) is 6.51. The third-order valence-electron chi connectivity index (χ3n) is 2.71. The van der Waals surface area contributed by atoms with Crippen molar-refractivity contribution >= 4 is 23.7 Å². The van der Waals surface area contributed by atoms with E-state index in [4.69, 9.17) is 5.73 Å². The quantitative estimate of drug-likeness (QED) is 0.539. The number of aromatic nitrogens is 1. The first-order chi connectivity index (χ1) is 10.6. The van der Waals surface area contributed by atoms with Gasteiger partial charge < -0.3 is 11.1 Å². The zero-order valence-electron chi connectivity index (χ0n) is 11.7. The second-order valence-corrected chi connectivity index (χ2v) is 4.37. The van der Waals surface area contributed by atoms with Crippen LogP contribution in [0.5, 0.6) is 0 Å². The molecule has 0 saturated carbocycles. The van der Waals surface area contributed by atoms with Crippen LogP contribution in [0.2, 0.25) is 0 Å². The van der Waals surface area contributed by atoms with E-state index in [-0.39, 0.29) is 12.5 Å². The number of nitrogens with zero attached hydrogens (tertiary/aromatic N) is 2. The summed E-state index contributed by atoms with van der Waals surface area (Å²) in [6, 6.07) is 10.1. The van der Waals surface area contributed by atoms with Crippen molar-refractivity contribution < 1.29 is 9.59 Å². The number of carbonyl (C=O) groups is 2. The van der Waals surface area contributed by atoms with Crippen LogP contribution < -0.4 is 16.5 Å². The highest BCUT2D eigenvalue weighted by Crippen LogP contribution is 2.09. The van der Waals surface area contributed by atoms with Crippen LogP contribution >= 0.6 is 0 Å². The maximum atomic E-state index is 11.6. The fourth-order valence-electron chi connectivity index (χ4n) is 1.63. The van der Waals surface area contributed by atoms with Crippen molar-refractivity contribution in [3.05, 3.63) is 59.9 Å². The fraction of sp³-hybridized carbons (Fsp3) is 0.0667. The van der Waals surface area contributed by atoms with Crippen molar-refractivity contribution in [3.8, 4) is 0 Å². The summed E-state index contributed by atoms with van der Waals surface area (Å²) in [5, 5.41) is 6.72. The Hall–Kier alpha value is -3.22. The Bertz CT molecular complexity index is 685. The van der Waals surface area contributed by atoms with E-state index in [1.807, 2.05) is 0 Å². The number of benzene rings is 1. The van der Waals surface area contributed by atoms with Gasteiger partial charge in [-0.05, 0) is 35.9 Å². The van der Waals surface area contributed by atoms with E-state index >= 15 is 0 Å². The van der Waals surface area contributed by atoms with Gasteiger partial charge in [-0.2, -0.15) is 5.10 Å². The highest BCUT2D eigenvalue weighted by molar-refractivity contribution is 5.94. The number of pyridine rings is 1. The Morgan fingerprint density at radius 1 is 1.23 bits per heavy atom. The van der Waals surface area contributed by atoms with Crippen LogP contribution in [0, 0.1) is 0 Å². The predicted molar refractivity (Wildman–Crippen MR) is 83.4 cm³/mol. The van der Waals surface area contributed by atoms with Gasteiger partial charge in [0.15, 0.2) is 0 Å². The molecule has 0 saturated heterocycles. The van der Waals surface area contributed by atoms with Gasteiger partial charge in [0.2, 0.25) is 5.91 Å². The molecule has 2 aromatic rings. The number of amides is 2. The molecular formula is C15H15N5O2. The van der Waals surface area contributed by atoms with Crippen LogP contribution in [0.15, 0.2) is 53.9 Å².